The fraction of sp³-hybridized carbons (Fsp3) is 0.625. The minimum absolute atomic E-state index is 0.186. The standard InChI is InChI=1S/C8H11F3O3/c1-14-7(13)5-6(12)3-2-4-8(9,10)11/h5,12H,2-4H2,1H3/b6-5-. The van der Waals surface area contributed by atoms with Crippen molar-refractivity contribution < 1.29 is 27.8 Å². The molecule has 0 aliphatic rings. The summed E-state index contributed by atoms with van der Waals surface area (Å²) in [6.07, 6.45) is -4.88. The van der Waals surface area contributed by atoms with Crippen LogP contribution in [0.15, 0.2) is 11.8 Å². The molecule has 3 nitrogen and oxygen atoms in total. The first kappa shape index (κ1) is 12.8. The molecule has 0 fully saturated rings. The molecule has 0 aromatic rings. The lowest BCUT2D eigenvalue weighted by atomic mass is 10.2. The average Bonchev–Trinajstić information content (AvgIpc) is 2.01. The predicted molar refractivity (Wildman–Crippen MR) is 42.6 cm³/mol. The largest absolute Gasteiger partial charge is 0.512 e. The molecule has 1 N–H and O–H groups in total. The lowest BCUT2D eigenvalue weighted by molar-refractivity contribution is -0.135. The van der Waals surface area contributed by atoms with Crippen LogP contribution >= 0.6 is 0 Å². The highest BCUT2D eigenvalue weighted by atomic mass is 19.4. The highest BCUT2D eigenvalue weighted by Crippen LogP contribution is 2.23. The zero-order valence-electron chi connectivity index (χ0n) is 7.60. The number of carbonyl (C=O) groups is 1. The molecule has 0 aliphatic carbocycles. The number of hydrogen-bond acceptors (Lipinski definition) is 3. The predicted octanol–water partition coefficient (Wildman–Crippen LogP) is 2.33. The number of ether oxygens (including phenoxy) is 1. The maximum Gasteiger partial charge on any atom is 0.389 e. The third-order valence-corrected chi connectivity index (χ3v) is 1.38. The maximum atomic E-state index is 11.6. The molecule has 0 aliphatic heterocycles. The molecule has 6 heteroatoms. The number of rotatable bonds is 4. The summed E-state index contributed by atoms with van der Waals surface area (Å²) in [7, 11) is 1.11. The van der Waals surface area contributed by atoms with Crippen LogP contribution in [0.2, 0.25) is 0 Å². The Morgan fingerprint density at radius 3 is 2.50 bits per heavy atom. The van der Waals surface area contributed by atoms with Gasteiger partial charge in [-0.25, -0.2) is 4.79 Å². The lowest BCUT2D eigenvalue weighted by Gasteiger charge is -2.04. The highest BCUT2D eigenvalue weighted by molar-refractivity contribution is 5.82. The molecule has 82 valence electrons. The summed E-state index contributed by atoms with van der Waals surface area (Å²) in [5.74, 6) is -1.18. The van der Waals surface area contributed by atoms with Crippen molar-refractivity contribution in [2.45, 2.75) is 25.4 Å². The summed E-state index contributed by atoms with van der Waals surface area (Å²) >= 11 is 0. The molecular formula is C8H11F3O3. The van der Waals surface area contributed by atoms with Crippen LogP contribution < -0.4 is 0 Å². The lowest BCUT2D eigenvalue weighted by Crippen LogP contribution is -2.06. The smallest absolute Gasteiger partial charge is 0.389 e. The van der Waals surface area contributed by atoms with Crippen LogP contribution in [0.1, 0.15) is 19.3 Å². The Hall–Kier alpha value is -1.20. The van der Waals surface area contributed by atoms with Gasteiger partial charge in [0.1, 0.15) is 0 Å². The second-order valence-corrected chi connectivity index (χ2v) is 2.63. The van der Waals surface area contributed by atoms with E-state index < -0.39 is 24.3 Å². The summed E-state index contributed by atoms with van der Waals surface area (Å²) in [5.41, 5.74) is 0. The number of aliphatic hydroxyl groups excluding tert-OH is 1. The number of allylic oxidation sites excluding steroid dienone is 1. The van der Waals surface area contributed by atoms with Gasteiger partial charge in [0.05, 0.1) is 18.9 Å². The van der Waals surface area contributed by atoms with Crippen molar-refractivity contribution >= 4 is 5.97 Å². The van der Waals surface area contributed by atoms with Crippen LogP contribution in [-0.2, 0) is 9.53 Å². The Labute approximate surface area is 79.2 Å². The zero-order chi connectivity index (χ0) is 11.2. The fourth-order valence-electron chi connectivity index (χ4n) is 0.737. The van der Waals surface area contributed by atoms with Gasteiger partial charge in [-0.3, -0.25) is 0 Å². The number of methoxy groups -OCH3 is 1. The van der Waals surface area contributed by atoms with Crippen LogP contribution in [-0.4, -0.2) is 24.4 Å². The summed E-state index contributed by atoms with van der Waals surface area (Å²) in [4.78, 5) is 10.5. The molecule has 0 spiro atoms. The van der Waals surface area contributed by atoms with Crippen LogP contribution in [0.5, 0.6) is 0 Å². The molecule has 14 heavy (non-hydrogen) atoms. The van der Waals surface area contributed by atoms with Crippen molar-refractivity contribution in [3.8, 4) is 0 Å². The van der Waals surface area contributed by atoms with E-state index in [0.29, 0.717) is 0 Å². The number of hydrogen-bond donors (Lipinski definition) is 1. The van der Waals surface area contributed by atoms with E-state index in [4.69, 9.17) is 5.11 Å². The van der Waals surface area contributed by atoms with Crippen LogP contribution in [0.4, 0.5) is 13.2 Å². The molecule has 0 rings (SSSR count). The van der Waals surface area contributed by atoms with Crippen molar-refractivity contribution in [2.24, 2.45) is 0 Å². The van der Waals surface area contributed by atoms with Gasteiger partial charge in [0.2, 0.25) is 0 Å². The third-order valence-electron chi connectivity index (χ3n) is 1.38. The van der Waals surface area contributed by atoms with Crippen LogP contribution in [0.3, 0.4) is 0 Å². The van der Waals surface area contributed by atoms with Gasteiger partial charge >= 0.3 is 12.1 Å². The SMILES string of the molecule is COC(=O)/C=C(\O)CCCC(F)(F)F. The van der Waals surface area contributed by atoms with Gasteiger partial charge in [-0.1, -0.05) is 0 Å². The zero-order valence-corrected chi connectivity index (χ0v) is 7.60. The Kier molecular flexibility index (Phi) is 5.04. The first-order valence-corrected chi connectivity index (χ1v) is 3.89. The first-order valence-electron chi connectivity index (χ1n) is 3.89. The van der Waals surface area contributed by atoms with E-state index in [1.807, 2.05) is 0 Å². The van der Waals surface area contributed by atoms with Crippen molar-refractivity contribution in [1.82, 2.24) is 0 Å². The van der Waals surface area contributed by atoms with Gasteiger partial charge in [-0.05, 0) is 6.42 Å². The van der Waals surface area contributed by atoms with Crippen LogP contribution in [0.25, 0.3) is 0 Å². The number of carbonyl (C=O) groups excluding carboxylic acids is 1. The second-order valence-electron chi connectivity index (χ2n) is 2.63. The molecule has 0 unspecified atom stereocenters. The Morgan fingerprint density at radius 1 is 1.50 bits per heavy atom. The number of halogens is 3. The molecule has 0 heterocycles. The molecule has 0 saturated heterocycles. The summed E-state index contributed by atoms with van der Waals surface area (Å²) in [6, 6.07) is 0. The topological polar surface area (TPSA) is 46.5 Å². The Bertz CT molecular complexity index is 220. The summed E-state index contributed by atoms with van der Waals surface area (Å²) in [6.45, 7) is 0. The van der Waals surface area contributed by atoms with Crippen LogP contribution in [0, 0.1) is 0 Å². The minimum atomic E-state index is -4.23. The molecule has 0 aromatic heterocycles. The molecule has 0 bridgehead atoms. The molecule has 0 saturated carbocycles. The number of aliphatic hydroxyl groups is 1. The minimum Gasteiger partial charge on any atom is -0.512 e. The fourth-order valence-corrected chi connectivity index (χ4v) is 0.737. The van der Waals surface area contributed by atoms with Gasteiger partial charge in [0, 0.05) is 12.8 Å². The molecule has 0 atom stereocenters. The normalized spacial score (nSPS) is 12.7. The number of alkyl halides is 3. The van der Waals surface area contributed by atoms with Crippen molar-refractivity contribution in [1.29, 1.82) is 0 Å². The van der Waals surface area contributed by atoms with Gasteiger partial charge in [0.15, 0.2) is 0 Å². The van der Waals surface area contributed by atoms with E-state index in [9.17, 15) is 18.0 Å². The van der Waals surface area contributed by atoms with Crippen molar-refractivity contribution in [3.63, 3.8) is 0 Å². The van der Waals surface area contributed by atoms with E-state index in [0.717, 1.165) is 13.2 Å². The quantitative estimate of drug-likeness (QED) is 0.442. The van der Waals surface area contributed by atoms with Gasteiger partial charge in [-0.2, -0.15) is 13.2 Å². The van der Waals surface area contributed by atoms with E-state index >= 15 is 0 Å². The van der Waals surface area contributed by atoms with E-state index in [2.05, 4.69) is 4.74 Å². The molecular weight excluding hydrogens is 201 g/mol. The average molecular weight is 212 g/mol. The van der Waals surface area contributed by atoms with Gasteiger partial charge in [0.25, 0.3) is 0 Å². The number of esters is 1. The summed E-state index contributed by atoms with van der Waals surface area (Å²) < 4.78 is 39.1. The maximum absolute atomic E-state index is 11.6. The molecule has 0 amide bonds. The Balaban J connectivity index is 3.80. The van der Waals surface area contributed by atoms with Crippen molar-refractivity contribution in [3.05, 3.63) is 11.8 Å². The monoisotopic (exact) mass is 212 g/mol. The van der Waals surface area contributed by atoms with E-state index in [1.54, 1.807) is 0 Å². The molecule has 0 radical (unpaired) electrons. The Morgan fingerprint density at radius 2 is 2.07 bits per heavy atom. The second kappa shape index (κ2) is 5.51. The van der Waals surface area contributed by atoms with Gasteiger partial charge < -0.3 is 9.84 Å². The summed E-state index contributed by atoms with van der Waals surface area (Å²) in [5, 5.41) is 8.94. The van der Waals surface area contributed by atoms with Crippen molar-refractivity contribution in [2.75, 3.05) is 7.11 Å². The first-order chi connectivity index (χ1) is 6.35. The van der Waals surface area contributed by atoms with Gasteiger partial charge in [-0.15, -0.1) is 0 Å². The highest BCUT2D eigenvalue weighted by Gasteiger charge is 2.26. The van der Waals surface area contributed by atoms with E-state index in [1.165, 1.54) is 0 Å². The third kappa shape index (κ3) is 7.45. The molecule has 0 aromatic carbocycles. The van der Waals surface area contributed by atoms with E-state index in [-0.39, 0.29) is 12.8 Å².